The lowest BCUT2D eigenvalue weighted by Gasteiger charge is -2.21. The number of carbonyl (C=O) groups is 2. The number of nitrogens with one attached hydrogen (secondary N) is 1. The van der Waals surface area contributed by atoms with E-state index < -0.39 is 28.0 Å². The monoisotopic (exact) mass is 368 g/mol. The van der Waals surface area contributed by atoms with Gasteiger partial charge in [-0.1, -0.05) is 19.9 Å². The minimum absolute atomic E-state index is 0.0538. The minimum Gasteiger partial charge on any atom is -0.345 e. The molecule has 2 rings (SSSR count). The molecule has 0 radical (unpaired) electrons. The highest BCUT2D eigenvalue weighted by Gasteiger charge is 2.34. The maximum atomic E-state index is 12.6. The zero-order chi connectivity index (χ0) is 18.6. The van der Waals surface area contributed by atoms with Crippen molar-refractivity contribution in [2.75, 3.05) is 13.1 Å². The van der Waals surface area contributed by atoms with Crippen molar-refractivity contribution >= 4 is 21.7 Å². The highest BCUT2D eigenvalue weighted by atomic mass is 32.2. The first-order chi connectivity index (χ1) is 11.7. The Balaban J connectivity index is 2.10. The average Bonchev–Trinajstić information content (AvgIpc) is 2.77. The van der Waals surface area contributed by atoms with E-state index in [-0.39, 0.29) is 29.8 Å². The van der Waals surface area contributed by atoms with E-state index in [1.807, 2.05) is 13.8 Å². The molecule has 0 spiro atoms. The first-order valence-corrected chi connectivity index (χ1v) is 9.67. The van der Waals surface area contributed by atoms with E-state index in [0.717, 1.165) is 4.31 Å². The molecule has 25 heavy (non-hydrogen) atoms. The summed E-state index contributed by atoms with van der Waals surface area (Å²) in [7, 11) is -3.84. The van der Waals surface area contributed by atoms with Crippen LogP contribution < -0.4 is 11.1 Å². The number of Topliss-reactive ketones (excluding diaryl/α,β-unsaturated/α-hetero) is 1. The molecular weight excluding hydrogens is 344 g/mol. The van der Waals surface area contributed by atoms with Crippen LogP contribution >= 0.6 is 0 Å². The number of pyridine rings is 1. The number of nitrogens with two attached hydrogens (primary N) is 1. The molecular formula is C16H24N4O4S. The minimum atomic E-state index is -3.84. The van der Waals surface area contributed by atoms with Crippen LogP contribution in [0.3, 0.4) is 0 Å². The molecule has 0 aromatic carbocycles. The van der Waals surface area contributed by atoms with E-state index in [1.54, 1.807) is 12.1 Å². The lowest BCUT2D eigenvalue weighted by atomic mass is 10.0. The van der Waals surface area contributed by atoms with Crippen LogP contribution in [0, 0.1) is 5.92 Å². The molecule has 2 heterocycles. The van der Waals surface area contributed by atoms with Gasteiger partial charge in [0.15, 0.2) is 10.8 Å². The number of sulfonamides is 1. The normalized spacial score (nSPS) is 21.0. The molecule has 1 amide bonds. The van der Waals surface area contributed by atoms with Gasteiger partial charge in [0, 0.05) is 12.7 Å². The van der Waals surface area contributed by atoms with Crippen LogP contribution in [0.2, 0.25) is 0 Å². The summed E-state index contributed by atoms with van der Waals surface area (Å²) < 4.78 is 26.3. The summed E-state index contributed by atoms with van der Waals surface area (Å²) in [6.07, 6.45) is 2.23. The van der Waals surface area contributed by atoms with Gasteiger partial charge in [-0.3, -0.25) is 9.59 Å². The number of hydrogen-bond acceptors (Lipinski definition) is 6. The molecule has 1 aromatic heterocycles. The number of rotatable bonds is 5. The standard InChI is InChI=1S/C16H24N4O4S/c1-11(2)15(17)16(22)19-12-6-5-9-20(10-13(12)21)25(23,24)14-7-3-4-8-18-14/h3-4,7-8,11-12,15H,5-6,9-10,17H2,1-2H3,(H,19,22)/t12?,15-/m0/s1. The summed E-state index contributed by atoms with van der Waals surface area (Å²) in [4.78, 5) is 28.4. The van der Waals surface area contributed by atoms with Gasteiger partial charge in [0.25, 0.3) is 10.0 Å². The van der Waals surface area contributed by atoms with E-state index >= 15 is 0 Å². The molecule has 1 unspecified atom stereocenters. The number of aromatic nitrogens is 1. The van der Waals surface area contributed by atoms with Crippen molar-refractivity contribution in [1.29, 1.82) is 0 Å². The summed E-state index contributed by atoms with van der Waals surface area (Å²) in [6, 6.07) is 3.17. The summed E-state index contributed by atoms with van der Waals surface area (Å²) in [5, 5.41) is 2.56. The van der Waals surface area contributed by atoms with Gasteiger partial charge in [0.1, 0.15) is 0 Å². The smallest absolute Gasteiger partial charge is 0.260 e. The van der Waals surface area contributed by atoms with E-state index in [1.165, 1.54) is 12.3 Å². The molecule has 8 nitrogen and oxygen atoms in total. The highest BCUT2D eigenvalue weighted by molar-refractivity contribution is 7.89. The summed E-state index contributed by atoms with van der Waals surface area (Å²) in [6.45, 7) is 3.55. The summed E-state index contributed by atoms with van der Waals surface area (Å²) in [5.41, 5.74) is 5.80. The molecule has 1 aliphatic heterocycles. The number of amides is 1. The number of nitrogens with zero attached hydrogens (tertiary/aromatic N) is 2. The predicted octanol–water partition coefficient (Wildman–Crippen LogP) is -0.0967. The Morgan fingerprint density at radius 1 is 1.40 bits per heavy atom. The molecule has 3 N–H and O–H groups in total. The Kier molecular flexibility index (Phi) is 6.26. The second kappa shape index (κ2) is 8.03. The Morgan fingerprint density at radius 3 is 2.72 bits per heavy atom. The molecule has 2 atom stereocenters. The van der Waals surface area contributed by atoms with Crippen molar-refractivity contribution in [3.8, 4) is 0 Å². The number of hydrogen-bond donors (Lipinski definition) is 2. The lowest BCUT2D eigenvalue weighted by molar-refractivity contribution is -0.128. The van der Waals surface area contributed by atoms with Crippen LogP contribution in [0.5, 0.6) is 0 Å². The van der Waals surface area contributed by atoms with Gasteiger partial charge in [0.05, 0.1) is 18.6 Å². The van der Waals surface area contributed by atoms with Gasteiger partial charge < -0.3 is 11.1 Å². The molecule has 0 saturated carbocycles. The van der Waals surface area contributed by atoms with Crippen molar-refractivity contribution in [2.24, 2.45) is 11.7 Å². The molecule has 1 saturated heterocycles. The Bertz CT molecular complexity index is 721. The van der Waals surface area contributed by atoms with Crippen molar-refractivity contribution in [3.63, 3.8) is 0 Å². The third kappa shape index (κ3) is 4.62. The Morgan fingerprint density at radius 2 is 2.12 bits per heavy atom. The second-order valence-corrected chi connectivity index (χ2v) is 8.33. The highest BCUT2D eigenvalue weighted by Crippen LogP contribution is 2.17. The lowest BCUT2D eigenvalue weighted by Crippen LogP contribution is -2.51. The third-order valence-corrected chi connectivity index (χ3v) is 5.96. The molecule has 138 valence electrons. The van der Waals surface area contributed by atoms with E-state index in [2.05, 4.69) is 10.3 Å². The van der Waals surface area contributed by atoms with Gasteiger partial charge in [-0.05, 0) is 30.9 Å². The van der Waals surface area contributed by atoms with Crippen LogP contribution in [-0.4, -0.2) is 54.6 Å². The maximum absolute atomic E-state index is 12.6. The first kappa shape index (κ1) is 19.5. The van der Waals surface area contributed by atoms with Crippen LogP contribution in [0.15, 0.2) is 29.4 Å². The van der Waals surface area contributed by atoms with Gasteiger partial charge in [-0.25, -0.2) is 13.4 Å². The maximum Gasteiger partial charge on any atom is 0.260 e. The van der Waals surface area contributed by atoms with Crippen LogP contribution in [-0.2, 0) is 19.6 Å². The Hall–Kier alpha value is -1.84. The SMILES string of the molecule is CC(C)[C@H](N)C(=O)NC1CCCN(S(=O)(=O)c2ccccn2)CC1=O. The van der Waals surface area contributed by atoms with Crippen LogP contribution in [0.1, 0.15) is 26.7 Å². The number of carbonyl (C=O) groups excluding carboxylic acids is 2. The van der Waals surface area contributed by atoms with Crippen molar-refractivity contribution in [2.45, 2.75) is 43.8 Å². The molecule has 1 aliphatic rings. The zero-order valence-corrected chi connectivity index (χ0v) is 15.2. The quantitative estimate of drug-likeness (QED) is 0.748. The Labute approximate surface area is 147 Å². The van der Waals surface area contributed by atoms with E-state index in [9.17, 15) is 18.0 Å². The molecule has 9 heteroatoms. The van der Waals surface area contributed by atoms with E-state index in [0.29, 0.717) is 12.8 Å². The third-order valence-electron chi connectivity index (χ3n) is 4.20. The fraction of sp³-hybridized carbons (Fsp3) is 0.562. The summed E-state index contributed by atoms with van der Waals surface area (Å²) in [5.74, 6) is -0.794. The zero-order valence-electron chi connectivity index (χ0n) is 14.4. The number of ketones is 1. The molecule has 0 aliphatic carbocycles. The van der Waals surface area contributed by atoms with Crippen molar-refractivity contribution in [1.82, 2.24) is 14.6 Å². The van der Waals surface area contributed by atoms with Gasteiger partial charge in [-0.2, -0.15) is 4.31 Å². The van der Waals surface area contributed by atoms with Crippen molar-refractivity contribution in [3.05, 3.63) is 24.4 Å². The topological polar surface area (TPSA) is 122 Å². The molecule has 0 bridgehead atoms. The van der Waals surface area contributed by atoms with Gasteiger partial charge >= 0.3 is 0 Å². The largest absolute Gasteiger partial charge is 0.345 e. The van der Waals surface area contributed by atoms with E-state index in [4.69, 9.17) is 5.73 Å². The fourth-order valence-electron chi connectivity index (χ4n) is 2.56. The van der Waals surface area contributed by atoms with Crippen LogP contribution in [0.25, 0.3) is 0 Å². The molecule has 1 fully saturated rings. The molecule has 1 aromatic rings. The fourth-order valence-corrected chi connectivity index (χ4v) is 3.93. The van der Waals surface area contributed by atoms with Gasteiger partial charge in [-0.15, -0.1) is 0 Å². The predicted molar refractivity (Wildman–Crippen MR) is 92.0 cm³/mol. The summed E-state index contributed by atoms with van der Waals surface area (Å²) >= 11 is 0. The first-order valence-electron chi connectivity index (χ1n) is 8.23. The van der Waals surface area contributed by atoms with Gasteiger partial charge in [0.2, 0.25) is 5.91 Å². The average molecular weight is 368 g/mol. The second-order valence-electron chi connectivity index (χ2n) is 6.45. The van der Waals surface area contributed by atoms with Crippen LogP contribution in [0.4, 0.5) is 0 Å². The van der Waals surface area contributed by atoms with Crippen molar-refractivity contribution < 1.29 is 18.0 Å².